The Balaban J connectivity index is 0.00000261. The van der Waals surface area contributed by atoms with Gasteiger partial charge in [-0.15, -0.1) is 12.4 Å². The van der Waals surface area contributed by atoms with Crippen LogP contribution in [-0.2, 0) is 23.8 Å². The Bertz CT molecular complexity index is 887. The lowest BCUT2D eigenvalue weighted by Crippen LogP contribution is -2.39. The first-order chi connectivity index (χ1) is 12.0. The number of benzene rings is 1. The second kappa shape index (κ2) is 7.72. The Morgan fingerprint density at radius 1 is 1.00 bits per heavy atom. The highest BCUT2D eigenvalue weighted by Gasteiger charge is 2.47. The standard InChI is InChI=1S/C18H26N2O4S2.ClH/c1-18(25(2,21)22,26(3,23)24)16-8-6-14(7-9-16)15-12-17(19-13-15)20-10-4-5-11-20;/h6-9,15H,4-5,10-13H2,1-3H3;1H. The van der Waals surface area contributed by atoms with Gasteiger partial charge >= 0.3 is 0 Å². The van der Waals surface area contributed by atoms with Crippen molar-refractivity contribution >= 4 is 37.9 Å². The van der Waals surface area contributed by atoms with Crippen LogP contribution >= 0.6 is 12.4 Å². The summed E-state index contributed by atoms with van der Waals surface area (Å²) in [5.41, 5.74) is 1.35. The molecule has 1 unspecified atom stereocenters. The minimum atomic E-state index is -3.84. The molecule has 0 amide bonds. The first-order valence-electron chi connectivity index (χ1n) is 8.82. The van der Waals surface area contributed by atoms with Crippen LogP contribution in [0.3, 0.4) is 0 Å². The molecule has 152 valence electrons. The molecular weight excluding hydrogens is 408 g/mol. The molecule has 1 fully saturated rings. The van der Waals surface area contributed by atoms with Gasteiger partial charge in [-0.1, -0.05) is 24.3 Å². The molecule has 1 aromatic rings. The first kappa shape index (κ1) is 22.2. The zero-order valence-corrected chi connectivity index (χ0v) is 18.3. The average Bonchev–Trinajstić information content (AvgIpc) is 3.23. The molecule has 0 bridgehead atoms. The minimum Gasteiger partial charge on any atom is -0.360 e. The molecule has 0 radical (unpaired) electrons. The van der Waals surface area contributed by atoms with E-state index in [1.807, 2.05) is 12.1 Å². The molecule has 2 aliphatic heterocycles. The average molecular weight is 435 g/mol. The van der Waals surface area contributed by atoms with E-state index in [0.717, 1.165) is 50.0 Å². The minimum absolute atomic E-state index is 0. The fraction of sp³-hybridized carbons (Fsp3) is 0.611. The Labute approximate surface area is 168 Å². The number of halogens is 1. The van der Waals surface area contributed by atoms with Crippen LogP contribution in [-0.4, -0.2) is 59.7 Å². The molecule has 27 heavy (non-hydrogen) atoms. The summed E-state index contributed by atoms with van der Waals surface area (Å²) in [7, 11) is -7.69. The van der Waals surface area contributed by atoms with Crippen LogP contribution in [0.4, 0.5) is 0 Å². The van der Waals surface area contributed by atoms with Gasteiger partial charge in [0.05, 0.1) is 5.84 Å². The lowest BCUT2D eigenvalue weighted by atomic mass is 9.95. The number of rotatable bonds is 4. The van der Waals surface area contributed by atoms with Crippen molar-refractivity contribution in [2.24, 2.45) is 4.99 Å². The Morgan fingerprint density at radius 2 is 1.52 bits per heavy atom. The molecule has 3 rings (SSSR count). The van der Waals surface area contributed by atoms with E-state index in [1.54, 1.807) is 12.1 Å². The van der Waals surface area contributed by atoms with Gasteiger partial charge in [-0.3, -0.25) is 4.99 Å². The van der Waals surface area contributed by atoms with Crippen LogP contribution in [0.5, 0.6) is 0 Å². The van der Waals surface area contributed by atoms with Crippen molar-refractivity contribution in [1.29, 1.82) is 0 Å². The molecule has 2 heterocycles. The summed E-state index contributed by atoms with van der Waals surface area (Å²) in [6.07, 6.45) is 5.25. The molecule has 1 saturated heterocycles. The third kappa shape index (κ3) is 4.03. The van der Waals surface area contributed by atoms with Gasteiger partial charge in [0, 0.05) is 44.5 Å². The topological polar surface area (TPSA) is 83.9 Å². The van der Waals surface area contributed by atoms with Gasteiger partial charge in [-0.2, -0.15) is 0 Å². The van der Waals surface area contributed by atoms with Crippen molar-refractivity contribution < 1.29 is 16.8 Å². The van der Waals surface area contributed by atoms with Gasteiger partial charge in [-0.05, 0) is 30.9 Å². The maximum absolute atomic E-state index is 12.2. The van der Waals surface area contributed by atoms with Gasteiger partial charge in [0.25, 0.3) is 0 Å². The Hall–Kier alpha value is -1.12. The highest BCUT2D eigenvalue weighted by molar-refractivity contribution is 8.08. The summed E-state index contributed by atoms with van der Waals surface area (Å²) in [5.74, 6) is 1.43. The van der Waals surface area contributed by atoms with Crippen molar-refractivity contribution in [3.05, 3.63) is 35.4 Å². The largest absolute Gasteiger partial charge is 0.360 e. The van der Waals surface area contributed by atoms with E-state index >= 15 is 0 Å². The van der Waals surface area contributed by atoms with Crippen molar-refractivity contribution in [2.45, 2.75) is 36.2 Å². The number of hydrogen-bond acceptors (Lipinski definition) is 6. The zero-order chi connectivity index (χ0) is 19.2. The van der Waals surface area contributed by atoms with Gasteiger partial charge in [0.1, 0.15) is 0 Å². The van der Waals surface area contributed by atoms with Crippen molar-refractivity contribution in [2.75, 3.05) is 32.1 Å². The maximum atomic E-state index is 12.2. The fourth-order valence-electron chi connectivity index (χ4n) is 3.75. The summed E-state index contributed by atoms with van der Waals surface area (Å²) in [6.45, 7) is 4.13. The van der Waals surface area contributed by atoms with Crippen LogP contribution in [0.25, 0.3) is 0 Å². The van der Waals surface area contributed by atoms with Crippen LogP contribution in [0.2, 0.25) is 0 Å². The highest BCUT2D eigenvalue weighted by Crippen LogP contribution is 2.36. The molecule has 0 spiro atoms. The lowest BCUT2D eigenvalue weighted by Gasteiger charge is -2.26. The van der Waals surface area contributed by atoms with Crippen LogP contribution in [0.1, 0.15) is 43.2 Å². The molecule has 6 nitrogen and oxygen atoms in total. The smallest absolute Gasteiger partial charge is 0.194 e. The molecule has 1 aromatic carbocycles. The van der Waals surface area contributed by atoms with E-state index in [2.05, 4.69) is 9.89 Å². The number of sulfone groups is 2. The van der Waals surface area contributed by atoms with Crippen molar-refractivity contribution in [3.63, 3.8) is 0 Å². The second-order valence-electron chi connectivity index (χ2n) is 7.46. The highest BCUT2D eigenvalue weighted by atomic mass is 35.5. The Kier molecular flexibility index (Phi) is 6.34. The van der Waals surface area contributed by atoms with Crippen LogP contribution in [0, 0.1) is 0 Å². The molecule has 9 heteroatoms. The van der Waals surface area contributed by atoms with E-state index in [9.17, 15) is 16.8 Å². The van der Waals surface area contributed by atoms with E-state index in [0.29, 0.717) is 0 Å². The predicted molar refractivity (Wildman–Crippen MR) is 111 cm³/mol. The van der Waals surface area contributed by atoms with Crippen LogP contribution in [0.15, 0.2) is 29.3 Å². The van der Waals surface area contributed by atoms with E-state index in [-0.39, 0.29) is 23.9 Å². The zero-order valence-electron chi connectivity index (χ0n) is 15.9. The third-order valence-electron chi connectivity index (χ3n) is 5.72. The molecule has 0 aliphatic carbocycles. The predicted octanol–water partition coefficient (Wildman–Crippen LogP) is 2.35. The van der Waals surface area contributed by atoms with E-state index in [1.165, 1.54) is 19.8 Å². The third-order valence-corrected chi connectivity index (χ3v) is 10.8. The quantitative estimate of drug-likeness (QED) is 0.726. The van der Waals surface area contributed by atoms with Crippen LogP contribution < -0.4 is 0 Å². The van der Waals surface area contributed by atoms with E-state index in [4.69, 9.17) is 0 Å². The first-order valence-corrected chi connectivity index (χ1v) is 12.6. The molecule has 0 aromatic heterocycles. The van der Waals surface area contributed by atoms with E-state index < -0.39 is 23.8 Å². The SMILES string of the molecule is CC(c1ccc(C2CN=C(N3CCCC3)C2)cc1)(S(C)(=O)=O)S(C)(=O)=O.Cl. The molecular formula is C18H27ClN2O4S2. The number of aliphatic imine (C=N–C) groups is 1. The van der Waals surface area contributed by atoms with Gasteiger partial charge in [0.15, 0.2) is 23.8 Å². The second-order valence-corrected chi connectivity index (χ2v) is 12.4. The summed E-state index contributed by atoms with van der Waals surface area (Å²) in [5, 5.41) is 0. The molecule has 0 N–H and O–H groups in total. The molecule has 2 aliphatic rings. The maximum Gasteiger partial charge on any atom is 0.194 e. The molecule has 1 atom stereocenters. The summed E-state index contributed by atoms with van der Waals surface area (Å²) >= 11 is 0. The summed E-state index contributed by atoms with van der Waals surface area (Å²) in [4.78, 5) is 7.02. The van der Waals surface area contributed by atoms with Crippen molar-refractivity contribution in [1.82, 2.24) is 4.90 Å². The number of amidine groups is 1. The normalized spacial score (nSPS) is 21.1. The monoisotopic (exact) mass is 434 g/mol. The number of nitrogens with zero attached hydrogens (tertiary/aromatic N) is 2. The summed E-state index contributed by atoms with van der Waals surface area (Å²) in [6, 6.07) is 6.95. The van der Waals surface area contributed by atoms with Crippen molar-refractivity contribution in [3.8, 4) is 0 Å². The Morgan fingerprint density at radius 3 is 2.00 bits per heavy atom. The number of likely N-dealkylation sites (tertiary alicyclic amines) is 1. The van der Waals surface area contributed by atoms with Gasteiger partial charge in [-0.25, -0.2) is 16.8 Å². The van der Waals surface area contributed by atoms with Gasteiger partial charge < -0.3 is 4.90 Å². The summed E-state index contributed by atoms with van der Waals surface area (Å²) < 4.78 is 47.0. The fourth-order valence-corrected chi connectivity index (χ4v) is 7.08. The molecule has 0 saturated carbocycles. The lowest BCUT2D eigenvalue weighted by molar-refractivity contribution is 0.509. The van der Waals surface area contributed by atoms with Gasteiger partial charge in [0.2, 0.25) is 0 Å². The number of hydrogen-bond donors (Lipinski definition) is 0.